The maximum Gasteiger partial charge on any atom is 0.123 e. The van der Waals surface area contributed by atoms with Crippen molar-refractivity contribution in [1.82, 2.24) is 5.32 Å². The Bertz CT molecular complexity index is 332. The van der Waals surface area contributed by atoms with Crippen LogP contribution < -0.4 is 5.32 Å². The Hall–Kier alpha value is -0.800. The minimum atomic E-state index is -0.190. The molecule has 0 aliphatic rings. The first kappa shape index (κ1) is 13.3. The van der Waals surface area contributed by atoms with Crippen molar-refractivity contribution in [2.24, 2.45) is 0 Å². The second kappa shape index (κ2) is 6.71. The van der Waals surface area contributed by atoms with Crippen molar-refractivity contribution in [3.63, 3.8) is 0 Å². The summed E-state index contributed by atoms with van der Waals surface area (Å²) in [6, 6.07) is 7.04. The van der Waals surface area contributed by atoms with Crippen LogP contribution in [0.4, 0.5) is 4.39 Å². The minimum Gasteiger partial charge on any atom is -0.311 e. The van der Waals surface area contributed by atoms with E-state index in [0.29, 0.717) is 6.04 Å². The first-order valence-corrected chi connectivity index (χ1v) is 6.35. The van der Waals surface area contributed by atoms with Gasteiger partial charge in [-0.25, -0.2) is 4.39 Å². The van der Waals surface area contributed by atoms with Crippen LogP contribution in [0.1, 0.15) is 13.8 Å². The Morgan fingerprint density at radius 3 is 2.56 bits per heavy atom. The molecule has 0 heterocycles. The molecule has 0 bridgehead atoms. The predicted octanol–water partition coefficient (Wildman–Crippen LogP) is 3.47. The van der Waals surface area contributed by atoms with E-state index in [2.05, 4.69) is 25.7 Å². The zero-order chi connectivity index (χ0) is 12.0. The normalized spacial score (nSPS) is 10.8. The maximum absolute atomic E-state index is 12.7. The van der Waals surface area contributed by atoms with E-state index in [1.165, 1.54) is 12.1 Å². The van der Waals surface area contributed by atoms with Crippen molar-refractivity contribution < 1.29 is 4.39 Å². The lowest BCUT2D eigenvalue weighted by molar-refractivity contribution is 0.623. The van der Waals surface area contributed by atoms with Gasteiger partial charge in [0.05, 0.1) is 0 Å². The zero-order valence-corrected chi connectivity index (χ0v) is 10.6. The van der Waals surface area contributed by atoms with Gasteiger partial charge in [0.2, 0.25) is 0 Å². The van der Waals surface area contributed by atoms with Crippen LogP contribution in [-0.4, -0.2) is 18.3 Å². The average molecular weight is 239 g/mol. The first-order chi connectivity index (χ1) is 7.58. The molecule has 0 radical (unpaired) electrons. The van der Waals surface area contributed by atoms with Crippen LogP contribution in [0.3, 0.4) is 0 Å². The maximum atomic E-state index is 12.7. The molecule has 3 heteroatoms. The predicted molar refractivity (Wildman–Crippen MR) is 69.4 cm³/mol. The highest BCUT2D eigenvalue weighted by molar-refractivity contribution is 7.99. The van der Waals surface area contributed by atoms with Crippen LogP contribution in [0.5, 0.6) is 0 Å². The molecule has 1 rings (SSSR count). The van der Waals surface area contributed by atoms with Gasteiger partial charge in [-0.15, -0.1) is 11.8 Å². The second-order valence-electron chi connectivity index (χ2n) is 4.03. The van der Waals surface area contributed by atoms with Crippen molar-refractivity contribution in [3.05, 3.63) is 42.2 Å². The average Bonchev–Trinajstić information content (AvgIpc) is 2.25. The fourth-order valence-corrected chi connectivity index (χ4v) is 1.92. The largest absolute Gasteiger partial charge is 0.311 e. The van der Waals surface area contributed by atoms with E-state index < -0.39 is 0 Å². The summed E-state index contributed by atoms with van der Waals surface area (Å²) in [7, 11) is 0. The van der Waals surface area contributed by atoms with Gasteiger partial charge in [-0.1, -0.05) is 26.0 Å². The highest BCUT2D eigenvalue weighted by atomic mass is 32.2. The van der Waals surface area contributed by atoms with Gasteiger partial charge >= 0.3 is 0 Å². The van der Waals surface area contributed by atoms with Crippen molar-refractivity contribution in [3.8, 4) is 0 Å². The smallest absolute Gasteiger partial charge is 0.123 e. The quantitative estimate of drug-likeness (QED) is 0.602. The molecule has 0 unspecified atom stereocenters. The molecule has 0 saturated heterocycles. The van der Waals surface area contributed by atoms with Gasteiger partial charge in [0, 0.05) is 23.2 Å². The van der Waals surface area contributed by atoms with Gasteiger partial charge in [0.1, 0.15) is 5.82 Å². The molecule has 0 spiro atoms. The Morgan fingerprint density at radius 2 is 2.00 bits per heavy atom. The molecule has 1 N–H and O–H groups in total. The van der Waals surface area contributed by atoms with Crippen LogP contribution in [0, 0.1) is 5.82 Å². The Labute approximate surface area is 101 Å². The summed E-state index contributed by atoms with van der Waals surface area (Å²) in [5, 5.41) is 3.32. The molecular formula is C13H18FNS. The number of halogens is 1. The number of hydrogen-bond donors (Lipinski definition) is 1. The number of nitrogens with one attached hydrogen (secondary N) is 1. The fraction of sp³-hybridized carbons (Fsp3) is 0.385. The van der Waals surface area contributed by atoms with E-state index in [0.717, 1.165) is 22.8 Å². The zero-order valence-electron chi connectivity index (χ0n) is 9.79. The van der Waals surface area contributed by atoms with Gasteiger partial charge in [0.25, 0.3) is 0 Å². The Morgan fingerprint density at radius 1 is 1.38 bits per heavy atom. The third-order valence-corrected chi connectivity index (χ3v) is 3.17. The molecule has 0 aliphatic carbocycles. The van der Waals surface area contributed by atoms with Gasteiger partial charge in [-0.05, 0) is 24.3 Å². The molecular weight excluding hydrogens is 221 g/mol. The molecule has 0 fully saturated rings. The second-order valence-corrected chi connectivity index (χ2v) is 5.08. The van der Waals surface area contributed by atoms with Crippen molar-refractivity contribution >= 4 is 11.8 Å². The van der Waals surface area contributed by atoms with Gasteiger partial charge in [-0.2, -0.15) is 0 Å². The van der Waals surface area contributed by atoms with Crippen LogP contribution in [0.15, 0.2) is 41.3 Å². The van der Waals surface area contributed by atoms with E-state index in [9.17, 15) is 4.39 Å². The van der Waals surface area contributed by atoms with E-state index >= 15 is 0 Å². The summed E-state index contributed by atoms with van der Waals surface area (Å²) in [4.78, 5) is 1.08. The number of benzene rings is 1. The minimum absolute atomic E-state index is 0.190. The van der Waals surface area contributed by atoms with E-state index in [1.54, 1.807) is 23.9 Å². The van der Waals surface area contributed by atoms with Crippen LogP contribution in [-0.2, 0) is 0 Å². The molecule has 88 valence electrons. The topological polar surface area (TPSA) is 12.0 Å². The van der Waals surface area contributed by atoms with Crippen LogP contribution >= 0.6 is 11.8 Å². The van der Waals surface area contributed by atoms with Crippen molar-refractivity contribution in [1.29, 1.82) is 0 Å². The molecule has 1 nitrogen and oxygen atoms in total. The molecule has 16 heavy (non-hydrogen) atoms. The van der Waals surface area contributed by atoms with E-state index in [-0.39, 0.29) is 5.82 Å². The van der Waals surface area contributed by atoms with E-state index in [1.807, 2.05) is 0 Å². The fourth-order valence-electron chi connectivity index (χ4n) is 1.12. The summed E-state index contributed by atoms with van der Waals surface area (Å²) in [6.45, 7) is 9.06. The van der Waals surface area contributed by atoms with Crippen molar-refractivity contribution in [2.45, 2.75) is 24.8 Å². The molecule has 1 aromatic rings. The van der Waals surface area contributed by atoms with Gasteiger partial charge in [-0.3, -0.25) is 0 Å². The summed E-state index contributed by atoms with van der Waals surface area (Å²) in [6.07, 6.45) is 0. The lowest BCUT2D eigenvalue weighted by Gasteiger charge is -2.10. The van der Waals surface area contributed by atoms with Crippen LogP contribution in [0.2, 0.25) is 0 Å². The Kier molecular flexibility index (Phi) is 5.56. The monoisotopic (exact) mass is 239 g/mol. The molecule has 1 aromatic carbocycles. The lowest BCUT2D eigenvalue weighted by Crippen LogP contribution is -2.25. The number of rotatable bonds is 6. The highest BCUT2D eigenvalue weighted by Gasteiger charge is 1.99. The summed E-state index contributed by atoms with van der Waals surface area (Å²) < 4.78 is 12.7. The number of hydrogen-bond acceptors (Lipinski definition) is 2. The van der Waals surface area contributed by atoms with Gasteiger partial charge < -0.3 is 5.32 Å². The summed E-state index contributed by atoms with van der Waals surface area (Å²) >= 11 is 1.68. The molecule has 0 aromatic heterocycles. The molecule has 0 saturated carbocycles. The highest BCUT2D eigenvalue weighted by Crippen LogP contribution is 2.19. The lowest BCUT2D eigenvalue weighted by atomic mass is 10.3. The SMILES string of the molecule is C=C(CNC(C)C)CSc1ccc(F)cc1. The third-order valence-electron chi connectivity index (χ3n) is 2.02. The van der Waals surface area contributed by atoms with Crippen molar-refractivity contribution in [2.75, 3.05) is 12.3 Å². The standard InChI is InChI=1S/C13H18FNS/c1-10(2)15-8-11(3)9-16-13-6-4-12(14)5-7-13/h4-7,10,15H,3,8-9H2,1-2H3. The molecule has 0 amide bonds. The third kappa shape index (κ3) is 5.33. The van der Waals surface area contributed by atoms with Gasteiger partial charge in [0.15, 0.2) is 0 Å². The van der Waals surface area contributed by atoms with E-state index in [4.69, 9.17) is 0 Å². The molecule has 0 aliphatic heterocycles. The summed E-state index contributed by atoms with van der Waals surface area (Å²) in [5.74, 6) is 0.676. The molecule has 0 atom stereocenters. The Balaban J connectivity index is 2.29. The summed E-state index contributed by atoms with van der Waals surface area (Å²) in [5.41, 5.74) is 1.16. The first-order valence-electron chi connectivity index (χ1n) is 5.36. The van der Waals surface area contributed by atoms with Crippen LogP contribution in [0.25, 0.3) is 0 Å². The number of thioether (sulfide) groups is 1.